The topological polar surface area (TPSA) is 40.2 Å². The first-order valence-corrected chi connectivity index (χ1v) is 6.76. The quantitative estimate of drug-likeness (QED) is 0.764. The van der Waals surface area contributed by atoms with Crippen molar-refractivity contribution in [2.45, 2.75) is 38.3 Å². The Balaban J connectivity index is 1.62. The van der Waals surface area contributed by atoms with Crippen LogP contribution in [0.1, 0.15) is 19.4 Å². The number of para-hydroxylation sites is 1. The average Bonchev–Trinajstić information content (AvgIpc) is 3.13. The molecular formula is C15H20O4. The lowest BCUT2D eigenvalue weighted by molar-refractivity contribution is -0.138. The van der Waals surface area contributed by atoms with Gasteiger partial charge in [-0.1, -0.05) is 18.2 Å². The SMILES string of the molecule is CC1(C)OCC(Cc2ccccc2OCC2CO2)O1. The molecule has 0 bridgehead atoms. The van der Waals surface area contributed by atoms with Crippen molar-refractivity contribution in [2.24, 2.45) is 0 Å². The largest absolute Gasteiger partial charge is 0.491 e. The lowest BCUT2D eigenvalue weighted by atomic mass is 10.1. The van der Waals surface area contributed by atoms with E-state index in [0.717, 1.165) is 24.3 Å². The minimum absolute atomic E-state index is 0.0944. The summed E-state index contributed by atoms with van der Waals surface area (Å²) in [5.41, 5.74) is 1.16. The van der Waals surface area contributed by atoms with E-state index in [4.69, 9.17) is 18.9 Å². The van der Waals surface area contributed by atoms with E-state index in [-0.39, 0.29) is 12.2 Å². The minimum Gasteiger partial charge on any atom is -0.491 e. The first-order chi connectivity index (χ1) is 9.12. The fourth-order valence-corrected chi connectivity index (χ4v) is 2.27. The van der Waals surface area contributed by atoms with E-state index in [2.05, 4.69) is 6.07 Å². The predicted octanol–water partition coefficient (Wildman–Crippen LogP) is 2.16. The monoisotopic (exact) mass is 264 g/mol. The molecule has 0 aliphatic carbocycles. The van der Waals surface area contributed by atoms with E-state index >= 15 is 0 Å². The van der Waals surface area contributed by atoms with Crippen LogP contribution in [-0.2, 0) is 20.6 Å². The molecular weight excluding hydrogens is 244 g/mol. The van der Waals surface area contributed by atoms with Gasteiger partial charge < -0.3 is 18.9 Å². The summed E-state index contributed by atoms with van der Waals surface area (Å²) < 4.78 is 22.4. The van der Waals surface area contributed by atoms with Crippen LogP contribution in [0.15, 0.2) is 24.3 Å². The summed E-state index contributed by atoms with van der Waals surface area (Å²) in [5, 5.41) is 0. The molecule has 19 heavy (non-hydrogen) atoms. The molecule has 2 saturated heterocycles. The minimum atomic E-state index is -0.470. The van der Waals surface area contributed by atoms with Crippen LogP contribution in [0.2, 0.25) is 0 Å². The van der Waals surface area contributed by atoms with Gasteiger partial charge in [-0.05, 0) is 25.5 Å². The summed E-state index contributed by atoms with van der Waals surface area (Å²) in [6.07, 6.45) is 1.18. The molecule has 4 nitrogen and oxygen atoms in total. The van der Waals surface area contributed by atoms with Gasteiger partial charge in [-0.25, -0.2) is 0 Å². The van der Waals surface area contributed by atoms with E-state index in [1.54, 1.807) is 0 Å². The maximum absolute atomic E-state index is 5.84. The van der Waals surface area contributed by atoms with Crippen molar-refractivity contribution in [1.82, 2.24) is 0 Å². The summed E-state index contributed by atoms with van der Waals surface area (Å²) in [4.78, 5) is 0. The Kier molecular flexibility index (Phi) is 3.48. The Bertz CT molecular complexity index is 440. The van der Waals surface area contributed by atoms with E-state index in [0.29, 0.717) is 13.2 Å². The predicted molar refractivity (Wildman–Crippen MR) is 70.3 cm³/mol. The van der Waals surface area contributed by atoms with Gasteiger partial charge >= 0.3 is 0 Å². The van der Waals surface area contributed by atoms with E-state index in [1.165, 1.54) is 0 Å². The number of rotatable bonds is 5. The van der Waals surface area contributed by atoms with Crippen LogP contribution < -0.4 is 4.74 Å². The molecule has 2 unspecified atom stereocenters. The molecule has 2 aliphatic heterocycles. The summed E-state index contributed by atoms with van der Waals surface area (Å²) >= 11 is 0. The molecule has 4 heteroatoms. The van der Waals surface area contributed by atoms with Gasteiger partial charge in [0.15, 0.2) is 5.79 Å². The molecule has 0 saturated carbocycles. The van der Waals surface area contributed by atoms with Gasteiger partial charge in [0.25, 0.3) is 0 Å². The molecule has 1 aromatic rings. The number of ether oxygens (including phenoxy) is 4. The molecule has 2 heterocycles. The fourth-order valence-electron chi connectivity index (χ4n) is 2.27. The highest BCUT2D eigenvalue weighted by Gasteiger charge is 2.33. The van der Waals surface area contributed by atoms with Crippen molar-refractivity contribution in [3.05, 3.63) is 29.8 Å². The summed E-state index contributed by atoms with van der Waals surface area (Å²) in [6, 6.07) is 8.09. The number of benzene rings is 1. The van der Waals surface area contributed by atoms with Crippen LogP contribution >= 0.6 is 0 Å². The maximum Gasteiger partial charge on any atom is 0.163 e. The third-order valence-electron chi connectivity index (χ3n) is 3.31. The third kappa shape index (κ3) is 3.47. The van der Waals surface area contributed by atoms with Gasteiger partial charge in [0.1, 0.15) is 18.5 Å². The number of epoxide rings is 1. The standard InChI is InChI=1S/C15H20O4/c1-15(2)18-10-12(19-15)7-11-5-3-4-6-14(11)17-9-13-8-16-13/h3-6,12-13H,7-10H2,1-2H3. The molecule has 2 aliphatic rings. The smallest absolute Gasteiger partial charge is 0.163 e. The second-order valence-electron chi connectivity index (χ2n) is 5.53. The van der Waals surface area contributed by atoms with Crippen molar-refractivity contribution in [1.29, 1.82) is 0 Å². The molecule has 0 spiro atoms. The van der Waals surface area contributed by atoms with Crippen LogP contribution in [-0.4, -0.2) is 37.8 Å². The van der Waals surface area contributed by atoms with Crippen molar-refractivity contribution in [3.63, 3.8) is 0 Å². The normalized spacial score (nSPS) is 28.3. The van der Waals surface area contributed by atoms with Crippen molar-refractivity contribution in [3.8, 4) is 5.75 Å². The maximum atomic E-state index is 5.84. The van der Waals surface area contributed by atoms with Crippen LogP contribution in [0.5, 0.6) is 5.75 Å². The van der Waals surface area contributed by atoms with Crippen molar-refractivity contribution >= 4 is 0 Å². The Morgan fingerprint density at radius 1 is 1.21 bits per heavy atom. The molecule has 0 aromatic heterocycles. The van der Waals surface area contributed by atoms with Gasteiger partial charge in [0.05, 0.1) is 19.3 Å². The average molecular weight is 264 g/mol. The highest BCUT2D eigenvalue weighted by Crippen LogP contribution is 2.28. The highest BCUT2D eigenvalue weighted by atomic mass is 16.7. The summed E-state index contributed by atoms with van der Waals surface area (Å²) in [7, 11) is 0. The third-order valence-corrected chi connectivity index (χ3v) is 3.31. The van der Waals surface area contributed by atoms with Crippen LogP contribution in [0, 0.1) is 0 Å². The molecule has 0 amide bonds. The summed E-state index contributed by atoms with van der Waals surface area (Å²) in [5.74, 6) is 0.453. The van der Waals surface area contributed by atoms with Crippen LogP contribution in [0.3, 0.4) is 0 Å². The molecule has 1 aromatic carbocycles. The first kappa shape index (κ1) is 12.9. The fraction of sp³-hybridized carbons (Fsp3) is 0.600. The Morgan fingerprint density at radius 2 is 2.00 bits per heavy atom. The number of hydrogen-bond acceptors (Lipinski definition) is 4. The van der Waals surface area contributed by atoms with Gasteiger partial charge in [-0.2, -0.15) is 0 Å². The van der Waals surface area contributed by atoms with Crippen LogP contribution in [0.4, 0.5) is 0 Å². The van der Waals surface area contributed by atoms with Gasteiger partial charge in [-0.3, -0.25) is 0 Å². The van der Waals surface area contributed by atoms with Gasteiger partial charge in [-0.15, -0.1) is 0 Å². The van der Waals surface area contributed by atoms with Crippen LogP contribution in [0.25, 0.3) is 0 Å². The van der Waals surface area contributed by atoms with E-state index in [1.807, 2.05) is 32.0 Å². The Hall–Kier alpha value is -1.10. The zero-order chi connectivity index (χ0) is 13.3. The van der Waals surface area contributed by atoms with Crippen molar-refractivity contribution in [2.75, 3.05) is 19.8 Å². The zero-order valence-electron chi connectivity index (χ0n) is 11.4. The van der Waals surface area contributed by atoms with Crippen molar-refractivity contribution < 1.29 is 18.9 Å². The van der Waals surface area contributed by atoms with Gasteiger partial charge in [0, 0.05) is 6.42 Å². The lowest BCUT2D eigenvalue weighted by Gasteiger charge is -2.18. The Labute approximate surface area is 113 Å². The highest BCUT2D eigenvalue weighted by molar-refractivity contribution is 5.34. The van der Waals surface area contributed by atoms with E-state index in [9.17, 15) is 0 Å². The molecule has 104 valence electrons. The molecule has 2 atom stereocenters. The second-order valence-corrected chi connectivity index (χ2v) is 5.53. The Morgan fingerprint density at radius 3 is 2.68 bits per heavy atom. The summed E-state index contributed by atoms with van der Waals surface area (Å²) in [6.45, 7) is 5.97. The zero-order valence-corrected chi connectivity index (χ0v) is 11.4. The molecule has 3 rings (SSSR count). The number of hydrogen-bond donors (Lipinski definition) is 0. The first-order valence-electron chi connectivity index (χ1n) is 6.76. The lowest BCUT2D eigenvalue weighted by Crippen LogP contribution is -2.22. The molecule has 0 N–H and O–H groups in total. The molecule has 0 radical (unpaired) electrons. The molecule has 2 fully saturated rings. The second kappa shape index (κ2) is 5.12. The van der Waals surface area contributed by atoms with E-state index < -0.39 is 5.79 Å². The van der Waals surface area contributed by atoms with Gasteiger partial charge in [0.2, 0.25) is 0 Å².